The Hall–Kier alpha value is -3.59. The van der Waals surface area contributed by atoms with E-state index in [4.69, 9.17) is 10.5 Å². The second-order valence-electron chi connectivity index (χ2n) is 7.07. The van der Waals surface area contributed by atoms with Crippen molar-refractivity contribution in [1.82, 2.24) is 0 Å². The van der Waals surface area contributed by atoms with Gasteiger partial charge in [-0.05, 0) is 48.7 Å². The van der Waals surface area contributed by atoms with Crippen molar-refractivity contribution >= 4 is 11.5 Å². The van der Waals surface area contributed by atoms with E-state index in [1.807, 2.05) is 24.3 Å². The molecule has 0 bridgehead atoms. The van der Waals surface area contributed by atoms with Crippen LogP contribution in [0, 0.1) is 17.1 Å². The summed E-state index contributed by atoms with van der Waals surface area (Å²) in [6.07, 6.45) is 1.72. The van der Waals surface area contributed by atoms with Crippen molar-refractivity contribution in [2.45, 2.75) is 25.2 Å². The zero-order valence-electron chi connectivity index (χ0n) is 16.0. The Morgan fingerprint density at radius 3 is 2.72 bits per heavy atom. The third-order valence-corrected chi connectivity index (χ3v) is 5.41. The number of hydrogen-bond donors (Lipinski definition) is 1. The maximum atomic E-state index is 13.9. The van der Waals surface area contributed by atoms with Crippen molar-refractivity contribution in [1.29, 1.82) is 5.26 Å². The molecule has 1 atom stereocenters. The number of benzene rings is 2. The molecule has 1 aliphatic carbocycles. The van der Waals surface area contributed by atoms with E-state index in [-0.39, 0.29) is 17.2 Å². The van der Waals surface area contributed by atoms with Crippen LogP contribution in [0.1, 0.15) is 30.7 Å². The van der Waals surface area contributed by atoms with Crippen LogP contribution in [0.5, 0.6) is 5.75 Å². The Labute approximate surface area is 168 Å². The lowest BCUT2D eigenvalue weighted by atomic mass is 9.75. The van der Waals surface area contributed by atoms with Gasteiger partial charge in [-0.25, -0.2) is 4.39 Å². The van der Waals surface area contributed by atoms with Gasteiger partial charge in [0.05, 0.1) is 30.4 Å². The topological polar surface area (TPSA) is 79.3 Å². The first-order valence-electron chi connectivity index (χ1n) is 9.40. The molecule has 2 aliphatic rings. The molecule has 2 N–H and O–H groups in total. The van der Waals surface area contributed by atoms with Crippen LogP contribution < -0.4 is 15.4 Å². The van der Waals surface area contributed by atoms with Gasteiger partial charge >= 0.3 is 0 Å². The Kier molecular flexibility index (Phi) is 4.81. The molecule has 1 aliphatic heterocycles. The third kappa shape index (κ3) is 3.15. The summed E-state index contributed by atoms with van der Waals surface area (Å²) in [5.41, 5.74) is 9.28. The van der Waals surface area contributed by atoms with E-state index in [2.05, 4.69) is 6.07 Å². The fraction of sp³-hybridized carbons (Fsp3) is 0.217. The molecule has 2 aromatic rings. The minimum atomic E-state index is -0.567. The molecule has 1 unspecified atom stereocenters. The number of halogens is 1. The van der Waals surface area contributed by atoms with Gasteiger partial charge in [-0.3, -0.25) is 9.69 Å². The van der Waals surface area contributed by atoms with Gasteiger partial charge in [0, 0.05) is 17.7 Å². The molecule has 4 rings (SSSR count). The number of nitrogens with zero attached hydrogens (tertiary/aromatic N) is 2. The number of ether oxygens (including phenoxy) is 1. The minimum Gasteiger partial charge on any atom is -0.497 e. The SMILES string of the molecule is COc1cccc(C2C(C#N)=C(N)N(c3cccc(F)c3)C3=C2C(=O)CCC3)c1. The van der Waals surface area contributed by atoms with E-state index in [0.29, 0.717) is 36.3 Å². The first-order chi connectivity index (χ1) is 14.0. The van der Waals surface area contributed by atoms with Crippen LogP contribution in [-0.2, 0) is 4.79 Å². The molecule has 146 valence electrons. The first-order valence-corrected chi connectivity index (χ1v) is 9.40. The summed E-state index contributed by atoms with van der Waals surface area (Å²) in [4.78, 5) is 14.7. The number of nitriles is 1. The molecule has 0 saturated carbocycles. The van der Waals surface area contributed by atoms with Gasteiger partial charge in [-0.15, -0.1) is 0 Å². The zero-order chi connectivity index (χ0) is 20.5. The molecule has 1 heterocycles. The van der Waals surface area contributed by atoms with Crippen LogP contribution in [0.25, 0.3) is 0 Å². The van der Waals surface area contributed by atoms with E-state index in [0.717, 1.165) is 11.3 Å². The van der Waals surface area contributed by atoms with Crippen LogP contribution in [0.3, 0.4) is 0 Å². The monoisotopic (exact) mass is 389 g/mol. The Morgan fingerprint density at radius 1 is 1.21 bits per heavy atom. The summed E-state index contributed by atoms with van der Waals surface area (Å²) < 4.78 is 19.2. The van der Waals surface area contributed by atoms with Gasteiger partial charge in [0.25, 0.3) is 0 Å². The molecule has 0 fully saturated rings. The highest BCUT2D eigenvalue weighted by atomic mass is 19.1. The van der Waals surface area contributed by atoms with Crippen LogP contribution in [0.4, 0.5) is 10.1 Å². The molecule has 0 radical (unpaired) electrons. The van der Waals surface area contributed by atoms with Crippen LogP contribution >= 0.6 is 0 Å². The van der Waals surface area contributed by atoms with E-state index < -0.39 is 11.7 Å². The predicted octanol–water partition coefficient (Wildman–Crippen LogP) is 4.14. The number of Topliss-reactive ketones (excluding diaryl/α,β-unsaturated/α-hetero) is 1. The van der Waals surface area contributed by atoms with Gasteiger partial charge in [0.15, 0.2) is 5.78 Å². The average Bonchev–Trinajstić information content (AvgIpc) is 2.73. The van der Waals surface area contributed by atoms with Crippen molar-refractivity contribution in [2.75, 3.05) is 12.0 Å². The lowest BCUT2D eigenvalue weighted by molar-refractivity contribution is -0.116. The lowest BCUT2D eigenvalue weighted by Gasteiger charge is -2.39. The molecule has 29 heavy (non-hydrogen) atoms. The summed E-state index contributed by atoms with van der Waals surface area (Å²) in [5.74, 6) is -0.132. The van der Waals surface area contributed by atoms with Crippen LogP contribution in [0.15, 0.2) is 71.2 Å². The number of carbonyl (C=O) groups is 1. The summed E-state index contributed by atoms with van der Waals surface area (Å²) >= 11 is 0. The number of carbonyl (C=O) groups excluding carboxylic acids is 1. The number of allylic oxidation sites excluding steroid dienone is 3. The van der Waals surface area contributed by atoms with Crippen LogP contribution in [0.2, 0.25) is 0 Å². The molecule has 6 heteroatoms. The fourth-order valence-electron chi connectivity index (χ4n) is 4.15. The fourth-order valence-corrected chi connectivity index (χ4v) is 4.15. The van der Waals surface area contributed by atoms with Gasteiger partial charge in [0.1, 0.15) is 17.4 Å². The second-order valence-corrected chi connectivity index (χ2v) is 7.07. The molecule has 0 spiro atoms. The Balaban J connectivity index is 1.97. The minimum absolute atomic E-state index is 0.0132. The number of nitrogens with two attached hydrogens (primary N) is 1. The molecule has 0 saturated heterocycles. The summed E-state index contributed by atoms with van der Waals surface area (Å²) in [6.45, 7) is 0. The standard InChI is InChI=1S/C23H20FN3O2/c1-29-17-8-2-5-14(11-17)21-18(13-25)23(26)27(16-7-3-6-15(24)12-16)19-9-4-10-20(28)22(19)21/h2-3,5-8,11-12,21H,4,9-10,26H2,1H3. The van der Waals surface area contributed by atoms with E-state index in [1.54, 1.807) is 24.1 Å². The molecule has 0 amide bonds. The Morgan fingerprint density at radius 2 is 2.00 bits per heavy atom. The highest BCUT2D eigenvalue weighted by Crippen LogP contribution is 2.46. The largest absolute Gasteiger partial charge is 0.497 e. The maximum absolute atomic E-state index is 13.9. The van der Waals surface area contributed by atoms with E-state index in [9.17, 15) is 14.4 Å². The molecular weight excluding hydrogens is 369 g/mol. The van der Waals surface area contributed by atoms with Crippen molar-refractivity contribution in [3.8, 4) is 11.8 Å². The zero-order valence-corrected chi connectivity index (χ0v) is 16.0. The summed E-state index contributed by atoms with van der Waals surface area (Å²) in [5, 5.41) is 9.96. The molecular formula is C23H20FN3O2. The summed E-state index contributed by atoms with van der Waals surface area (Å²) in [7, 11) is 1.57. The lowest BCUT2D eigenvalue weighted by Crippen LogP contribution is -2.38. The van der Waals surface area contributed by atoms with E-state index >= 15 is 0 Å². The highest BCUT2D eigenvalue weighted by Gasteiger charge is 2.40. The van der Waals surface area contributed by atoms with Gasteiger partial charge in [-0.2, -0.15) is 5.26 Å². The smallest absolute Gasteiger partial charge is 0.161 e. The molecule has 2 aromatic carbocycles. The number of anilines is 1. The quantitative estimate of drug-likeness (QED) is 0.853. The van der Waals surface area contributed by atoms with Crippen molar-refractivity contribution in [3.05, 3.63) is 82.6 Å². The van der Waals surface area contributed by atoms with Gasteiger partial charge in [-0.1, -0.05) is 18.2 Å². The maximum Gasteiger partial charge on any atom is 0.161 e. The predicted molar refractivity (Wildman–Crippen MR) is 107 cm³/mol. The third-order valence-electron chi connectivity index (χ3n) is 5.41. The molecule has 5 nitrogen and oxygen atoms in total. The first kappa shape index (κ1) is 18.8. The van der Waals surface area contributed by atoms with Crippen molar-refractivity contribution in [2.24, 2.45) is 5.73 Å². The number of ketones is 1. The van der Waals surface area contributed by atoms with Gasteiger partial charge < -0.3 is 10.5 Å². The number of hydrogen-bond acceptors (Lipinski definition) is 5. The summed E-state index contributed by atoms with van der Waals surface area (Å²) in [6, 6.07) is 15.5. The number of methoxy groups -OCH3 is 1. The van der Waals surface area contributed by atoms with Crippen LogP contribution in [-0.4, -0.2) is 12.9 Å². The number of rotatable bonds is 3. The van der Waals surface area contributed by atoms with E-state index in [1.165, 1.54) is 12.1 Å². The second kappa shape index (κ2) is 7.44. The molecule has 0 aromatic heterocycles. The van der Waals surface area contributed by atoms with Gasteiger partial charge in [0.2, 0.25) is 0 Å². The Bertz CT molecular complexity index is 1100. The van der Waals surface area contributed by atoms with Crippen molar-refractivity contribution in [3.63, 3.8) is 0 Å². The average molecular weight is 389 g/mol. The highest BCUT2D eigenvalue weighted by molar-refractivity contribution is 6.01. The van der Waals surface area contributed by atoms with Crippen molar-refractivity contribution < 1.29 is 13.9 Å². The normalized spacial score (nSPS) is 19.1.